The summed E-state index contributed by atoms with van der Waals surface area (Å²) in [6.45, 7) is 0. The molecule has 3 heterocycles. The number of halogens is 1. The first-order valence-corrected chi connectivity index (χ1v) is 11.4. The van der Waals surface area contributed by atoms with Crippen LogP contribution in [0, 0.1) is 0 Å². The minimum atomic E-state index is -0.0294. The zero-order valence-electron chi connectivity index (χ0n) is 16.8. The number of furan rings is 1. The summed E-state index contributed by atoms with van der Waals surface area (Å²) in [5, 5.41) is 9.50. The molecule has 8 heteroatoms. The normalized spacial score (nSPS) is 15.8. The van der Waals surface area contributed by atoms with Gasteiger partial charge in [0.05, 0.1) is 27.7 Å². The Hall–Kier alpha value is -3.42. The Morgan fingerprint density at radius 2 is 1.91 bits per heavy atom. The molecule has 32 heavy (non-hydrogen) atoms. The zero-order valence-corrected chi connectivity index (χ0v) is 18.4. The van der Waals surface area contributed by atoms with E-state index in [1.165, 1.54) is 0 Å². The van der Waals surface area contributed by atoms with Crippen LogP contribution in [-0.4, -0.2) is 20.5 Å². The summed E-state index contributed by atoms with van der Waals surface area (Å²) in [4.78, 5) is 18.1. The SMILES string of the molecule is O=C1CC(c2ccco2)Cc2c1c(Nc1ccc(Cl)cc1)nn2-c1nc2ccccc2s1. The molecule has 1 aliphatic carbocycles. The minimum Gasteiger partial charge on any atom is -0.469 e. The highest BCUT2D eigenvalue weighted by Crippen LogP contribution is 2.39. The molecule has 1 N–H and O–H groups in total. The highest BCUT2D eigenvalue weighted by Gasteiger charge is 2.35. The first-order chi connectivity index (χ1) is 15.7. The molecule has 3 aromatic heterocycles. The Morgan fingerprint density at radius 1 is 1.06 bits per heavy atom. The molecule has 0 saturated heterocycles. The summed E-state index contributed by atoms with van der Waals surface area (Å²) in [6, 6.07) is 19.1. The van der Waals surface area contributed by atoms with Crippen molar-refractivity contribution >= 4 is 50.4 Å². The number of Topliss-reactive ketones (excluding diaryl/α,β-unsaturated/α-hetero) is 1. The second-order valence-corrected chi connectivity index (χ2v) is 9.17. The third kappa shape index (κ3) is 3.30. The molecule has 158 valence electrons. The van der Waals surface area contributed by atoms with Crippen LogP contribution in [0.15, 0.2) is 71.3 Å². The number of hydrogen-bond donors (Lipinski definition) is 1. The van der Waals surface area contributed by atoms with E-state index in [1.54, 1.807) is 29.7 Å². The Bertz CT molecular complexity index is 1400. The number of thiazole rings is 1. The van der Waals surface area contributed by atoms with Crippen LogP contribution in [0.1, 0.15) is 34.2 Å². The molecule has 0 fully saturated rings. The van der Waals surface area contributed by atoms with Crippen LogP contribution in [0.4, 0.5) is 11.5 Å². The number of carbonyl (C=O) groups is 1. The molecule has 0 amide bonds. The Labute approximate surface area is 192 Å². The molecule has 6 rings (SSSR count). The van der Waals surface area contributed by atoms with Gasteiger partial charge in [0.25, 0.3) is 0 Å². The fourth-order valence-electron chi connectivity index (χ4n) is 4.16. The first kappa shape index (κ1) is 19.3. The Morgan fingerprint density at radius 3 is 2.69 bits per heavy atom. The van der Waals surface area contributed by atoms with Gasteiger partial charge in [0.2, 0.25) is 5.13 Å². The zero-order chi connectivity index (χ0) is 21.7. The number of fused-ring (bicyclic) bond motifs is 2. The van der Waals surface area contributed by atoms with E-state index in [4.69, 9.17) is 26.1 Å². The van der Waals surface area contributed by atoms with Gasteiger partial charge in [-0.15, -0.1) is 5.10 Å². The lowest BCUT2D eigenvalue weighted by Crippen LogP contribution is -2.20. The number of carbonyl (C=O) groups excluding carboxylic acids is 1. The van der Waals surface area contributed by atoms with Crippen molar-refractivity contribution in [3.05, 3.63) is 89.0 Å². The maximum Gasteiger partial charge on any atom is 0.211 e. The molecule has 0 bridgehead atoms. The van der Waals surface area contributed by atoms with E-state index in [9.17, 15) is 4.79 Å². The van der Waals surface area contributed by atoms with E-state index >= 15 is 0 Å². The van der Waals surface area contributed by atoms with Gasteiger partial charge in [-0.25, -0.2) is 9.67 Å². The summed E-state index contributed by atoms with van der Waals surface area (Å²) in [7, 11) is 0. The summed E-state index contributed by atoms with van der Waals surface area (Å²) in [5.74, 6) is 1.35. The van der Waals surface area contributed by atoms with Gasteiger partial charge in [0.1, 0.15) is 5.76 Å². The number of aromatic nitrogens is 3. The van der Waals surface area contributed by atoms with Gasteiger partial charge in [-0.3, -0.25) is 4.79 Å². The van der Waals surface area contributed by atoms with Crippen molar-refractivity contribution in [2.24, 2.45) is 0 Å². The van der Waals surface area contributed by atoms with Crippen LogP contribution >= 0.6 is 22.9 Å². The number of hydrogen-bond acceptors (Lipinski definition) is 6. The molecule has 0 radical (unpaired) electrons. The van der Waals surface area contributed by atoms with Crippen LogP contribution in [0.2, 0.25) is 5.02 Å². The smallest absolute Gasteiger partial charge is 0.211 e. The van der Waals surface area contributed by atoms with Crippen molar-refractivity contribution in [3.63, 3.8) is 0 Å². The van der Waals surface area contributed by atoms with Crippen molar-refractivity contribution in [2.45, 2.75) is 18.8 Å². The minimum absolute atomic E-state index is 0.0294. The quantitative estimate of drug-likeness (QED) is 0.336. The second-order valence-electron chi connectivity index (χ2n) is 7.72. The van der Waals surface area contributed by atoms with Gasteiger partial charge in [0, 0.05) is 29.5 Å². The number of nitrogens with zero attached hydrogens (tertiary/aromatic N) is 3. The predicted molar refractivity (Wildman–Crippen MR) is 126 cm³/mol. The van der Waals surface area contributed by atoms with Crippen molar-refractivity contribution in [3.8, 4) is 5.13 Å². The molecular weight excluding hydrogens is 444 g/mol. The van der Waals surface area contributed by atoms with Crippen molar-refractivity contribution < 1.29 is 9.21 Å². The number of benzene rings is 2. The van der Waals surface area contributed by atoms with Crippen LogP contribution in [-0.2, 0) is 6.42 Å². The topological polar surface area (TPSA) is 73.0 Å². The molecule has 0 saturated carbocycles. The van der Waals surface area contributed by atoms with E-state index in [0.717, 1.165) is 32.5 Å². The fourth-order valence-corrected chi connectivity index (χ4v) is 5.23. The number of ketones is 1. The van der Waals surface area contributed by atoms with E-state index in [1.807, 2.05) is 53.2 Å². The highest BCUT2D eigenvalue weighted by molar-refractivity contribution is 7.20. The van der Waals surface area contributed by atoms with Crippen molar-refractivity contribution in [1.29, 1.82) is 0 Å². The molecule has 0 aliphatic heterocycles. The molecule has 6 nitrogen and oxygen atoms in total. The van der Waals surface area contributed by atoms with Gasteiger partial charge in [-0.2, -0.15) is 0 Å². The third-order valence-corrected chi connectivity index (χ3v) is 6.91. The van der Waals surface area contributed by atoms with E-state index in [2.05, 4.69) is 5.32 Å². The van der Waals surface area contributed by atoms with E-state index in [-0.39, 0.29) is 11.7 Å². The summed E-state index contributed by atoms with van der Waals surface area (Å²) >= 11 is 7.58. The third-order valence-electron chi connectivity index (χ3n) is 5.65. The lowest BCUT2D eigenvalue weighted by molar-refractivity contribution is 0.0960. The number of rotatable bonds is 4. The second kappa shape index (κ2) is 7.62. The van der Waals surface area contributed by atoms with Crippen molar-refractivity contribution in [2.75, 3.05) is 5.32 Å². The average Bonchev–Trinajstić information content (AvgIpc) is 3.54. The molecule has 1 aliphatic rings. The largest absolute Gasteiger partial charge is 0.469 e. The maximum atomic E-state index is 13.3. The van der Waals surface area contributed by atoms with Gasteiger partial charge in [0.15, 0.2) is 11.6 Å². The summed E-state index contributed by atoms with van der Waals surface area (Å²) in [5.41, 5.74) is 3.18. The van der Waals surface area contributed by atoms with Crippen LogP contribution in [0.25, 0.3) is 15.3 Å². The molecule has 5 aromatic rings. The van der Waals surface area contributed by atoms with Gasteiger partial charge in [-0.1, -0.05) is 35.1 Å². The first-order valence-electron chi connectivity index (χ1n) is 10.2. The monoisotopic (exact) mass is 460 g/mol. The Balaban J connectivity index is 1.49. The standard InChI is InChI=1S/C24H17ClN4O2S/c25-15-7-9-16(10-8-15)26-23-22-18(12-14(13-19(22)30)20-5-3-11-31-20)29(28-23)24-27-17-4-1-2-6-21(17)32-24/h1-11,14H,12-13H2,(H,26,28). The predicted octanol–water partition coefficient (Wildman–Crippen LogP) is 6.38. The fraction of sp³-hybridized carbons (Fsp3) is 0.125. The van der Waals surface area contributed by atoms with Crippen molar-refractivity contribution in [1.82, 2.24) is 14.8 Å². The number of nitrogens with one attached hydrogen (secondary N) is 1. The Kier molecular flexibility index (Phi) is 4.59. The molecular formula is C24H17ClN4O2S. The lowest BCUT2D eigenvalue weighted by atomic mass is 9.85. The molecule has 1 atom stereocenters. The molecule has 1 unspecified atom stereocenters. The number of para-hydroxylation sites is 1. The van der Waals surface area contributed by atoms with Gasteiger partial charge < -0.3 is 9.73 Å². The van der Waals surface area contributed by atoms with Crippen LogP contribution in [0.3, 0.4) is 0 Å². The molecule has 2 aromatic carbocycles. The number of anilines is 2. The lowest BCUT2D eigenvalue weighted by Gasteiger charge is -2.20. The molecule has 0 spiro atoms. The highest BCUT2D eigenvalue weighted by atomic mass is 35.5. The van der Waals surface area contributed by atoms with Crippen LogP contribution in [0.5, 0.6) is 0 Å². The van der Waals surface area contributed by atoms with Gasteiger partial charge >= 0.3 is 0 Å². The van der Waals surface area contributed by atoms with Gasteiger partial charge in [-0.05, 0) is 48.5 Å². The maximum absolute atomic E-state index is 13.3. The van der Waals surface area contributed by atoms with Crippen LogP contribution < -0.4 is 5.32 Å². The van der Waals surface area contributed by atoms with E-state index < -0.39 is 0 Å². The summed E-state index contributed by atoms with van der Waals surface area (Å²) < 4.78 is 8.50. The average molecular weight is 461 g/mol. The van der Waals surface area contributed by atoms with E-state index in [0.29, 0.717) is 29.2 Å². The summed E-state index contributed by atoms with van der Waals surface area (Å²) in [6.07, 6.45) is 2.66.